The van der Waals surface area contributed by atoms with E-state index >= 15 is 0 Å². The van der Waals surface area contributed by atoms with Crippen LogP contribution in [0, 0.1) is 5.82 Å². The van der Waals surface area contributed by atoms with Gasteiger partial charge in [0, 0.05) is 56.4 Å². The highest BCUT2D eigenvalue weighted by Crippen LogP contribution is 2.24. The first-order valence-corrected chi connectivity index (χ1v) is 8.20. The van der Waals surface area contributed by atoms with E-state index in [-0.39, 0.29) is 12.4 Å². The number of piperazine rings is 1. The van der Waals surface area contributed by atoms with E-state index in [0.717, 1.165) is 37.8 Å². The molecule has 2 aliphatic rings. The third-order valence-electron chi connectivity index (χ3n) is 5.02. The molecule has 1 saturated heterocycles. The Bertz CT molecular complexity index is 463. The Morgan fingerprint density at radius 1 is 1.05 bits per heavy atom. The fourth-order valence-electron chi connectivity index (χ4n) is 3.71. The third kappa shape index (κ3) is 3.44. The van der Waals surface area contributed by atoms with Gasteiger partial charge in [-0.05, 0) is 12.8 Å². The molecule has 1 heterocycles. The Labute approximate surface area is 126 Å². The van der Waals surface area contributed by atoms with Gasteiger partial charge in [-0.1, -0.05) is 31.0 Å². The molecule has 1 saturated carbocycles. The molecule has 2 N–H and O–H groups in total. The van der Waals surface area contributed by atoms with Crippen molar-refractivity contribution in [3.05, 3.63) is 35.1 Å². The largest absolute Gasteiger partial charge is 0.326 e. The number of halogens is 1. The van der Waals surface area contributed by atoms with E-state index in [0.29, 0.717) is 12.1 Å². The minimum atomic E-state index is -0.113. The van der Waals surface area contributed by atoms with E-state index in [4.69, 9.17) is 5.73 Å². The summed E-state index contributed by atoms with van der Waals surface area (Å²) in [4.78, 5) is 5.00. The molecule has 3 nitrogen and oxygen atoms in total. The van der Waals surface area contributed by atoms with Crippen molar-refractivity contribution in [3.63, 3.8) is 0 Å². The Kier molecular flexibility index (Phi) is 4.88. The second-order valence-corrected chi connectivity index (χ2v) is 6.34. The first kappa shape index (κ1) is 14.9. The van der Waals surface area contributed by atoms with E-state index in [2.05, 4.69) is 9.80 Å². The summed E-state index contributed by atoms with van der Waals surface area (Å²) in [6.45, 7) is 5.32. The monoisotopic (exact) mass is 291 g/mol. The summed E-state index contributed by atoms with van der Waals surface area (Å²) in [5.74, 6) is -0.113. The quantitative estimate of drug-likeness (QED) is 0.924. The SMILES string of the molecule is NCc1cccc(CN2CCN(C3CCCC3)CC2)c1F. The maximum absolute atomic E-state index is 14.2. The highest BCUT2D eigenvalue weighted by molar-refractivity contribution is 5.25. The molecule has 116 valence electrons. The topological polar surface area (TPSA) is 32.5 Å². The Morgan fingerprint density at radius 3 is 2.38 bits per heavy atom. The molecular formula is C17H26FN3. The normalized spacial score (nSPS) is 22.0. The predicted molar refractivity (Wildman–Crippen MR) is 83.4 cm³/mol. The zero-order valence-corrected chi connectivity index (χ0v) is 12.7. The molecule has 0 bridgehead atoms. The van der Waals surface area contributed by atoms with Gasteiger partial charge < -0.3 is 5.73 Å². The van der Waals surface area contributed by atoms with E-state index in [9.17, 15) is 4.39 Å². The van der Waals surface area contributed by atoms with Crippen LogP contribution in [0.5, 0.6) is 0 Å². The second kappa shape index (κ2) is 6.86. The van der Waals surface area contributed by atoms with Crippen molar-refractivity contribution < 1.29 is 4.39 Å². The summed E-state index contributed by atoms with van der Waals surface area (Å²) in [6.07, 6.45) is 5.52. The van der Waals surface area contributed by atoms with E-state index in [1.807, 2.05) is 12.1 Å². The average Bonchev–Trinajstić information content (AvgIpc) is 3.04. The fraction of sp³-hybridized carbons (Fsp3) is 0.647. The molecule has 0 radical (unpaired) electrons. The van der Waals surface area contributed by atoms with Gasteiger partial charge >= 0.3 is 0 Å². The van der Waals surface area contributed by atoms with Gasteiger partial charge in [0.25, 0.3) is 0 Å². The summed E-state index contributed by atoms with van der Waals surface area (Å²) in [7, 11) is 0. The van der Waals surface area contributed by atoms with Crippen LogP contribution >= 0.6 is 0 Å². The molecule has 4 heteroatoms. The molecule has 1 aliphatic heterocycles. The summed E-state index contributed by atoms with van der Waals surface area (Å²) in [6, 6.07) is 6.38. The smallest absolute Gasteiger partial charge is 0.132 e. The van der Waals surface area contributed by atoms with Gasteiger partial charge in [0.1, 0.15) is 5.82 Å². The summed E-state index contributed by atoms with van der Waals surface area (Å²) in [5, 5.41) is 0. The van der Waals surface area contributed by atoms with Crippen LogP contribution < -0.4 is 5.73 Å². The maximum atomic E-state index is 14.2. The van der Waals surface area contributed by atoms with Gasteiger partial charge in [0.2, 0.25) is 0 Å². The number of hydrogen-bond acceptors (Lipinski definition) is 3. The van der Waals surface area contributed by atoms with Crippen LogP contribution in [-0.4, -0.2) is 42.0 Å². The molecule has 0 atom stereocenters. The molecule has 21 heavy (non-hydrogen) atoms. The first-order valence-electron chi connectivity index (χ1n) is 8.20. The van der Waals surface area contributed by atoms with Crippen LogP contribution in [0.2, 0.25) is 0 Å². The summed E-state index contributed by atoms with van der Waals surface area (Å²) >= 11 is 0. The molecule has 1 aliphatic carbocycles. The molecule has 3 rings (SSSR count). The Morgan fingerprint density at radius 2 is 1.71 bits per heavy atom. The van der Waals surface area contributed by atoms with Gasteiger partial charge in [-0.3, -0.25) is 9.80 Å². The Hall–Kier alpha value is -0.970. The molecule has 0 amide bonds. The highest BCUT2D eigenvalue weighted by atomic mass is 19.1. The van der Waals surface area contributed by atoms with Crippen molar-refractivity contribution in [3.8, 4) is 0 Å². The van der Waals surface area contributed by atoms with Crippen LogP contribution in [0.15, 0.2) is 18.2 Å². The fourth-order valence-corrected chi connectivity index (χ4v) is 3.71. The van der Waals surface area contributed by atoms with E-state index in [1.54, 1.807) is 6.07 Å². The lowest BCUT2D eigenvalue weighted by atomic mass is 10.1. The summed E-state index contributed by atoms with van der Waals surface area (Å²) < 4.78 is 14.2. The molecule has 0 spiro atoms. The zero-order chi connectivity index (χ0) is 14.7. The lowest BCUT2D eigenvalue weighted by Gasteiger charge is -2.38. The standard InChI is InChI=1S/C17H26FN3/c18-17-14(12-19)4-3-5-15(17)13-20-8-10-21(11-9-20)16-6-1-2-7-16/h3-5,16H,1-2,6-13,19H2. The van der Waals surface area contributed by atoms with Crippen molar-refractivity contribution >= 4 is 0 Å². The molecule has 1 aromatic rings. The number of rotatable bonds is 4. The van der Waals surface area contributed by atoms with Crippen molar-refractivity contribution in [1.82, 2.24) is 9.80 Å². The minimum absolute atomic E-state index is 0.113. The van der Waals surface area contributed by atoms with Gasteiger partial charge in [-0.2, -0.15) is 0 Å². The van der Waals surface area contributed by atoms with Crippen molar-refractivity contribution in [1.29, 1.82) is 0 Å². The molecule has 0 unspecified atom stereocenters. The molecule has 2 fully saturated rings. The van der Waals surface area contributed by atoms with Gasteiger partial charge in [0.05, 0.1) is 0 Å². The zero-order valence-electron chi connectivity index (χ0n) is 12.7. The number of nitrogens with zero attached hydrogens (tertiary/aromatic N) is 2. The van der Waals surface area contributed by atoms with E-state index < -0.39 is 0 Å². The van der Waals surface area contributed by atoms with Crippen LogP contribution in [0.3, 0.4) is 0 Å². The van der Waals surface area contributed by atoms with Crippen molar-refractivity contribution in [2.24, 2.45) is 5.73 Å². The lowest BCUT2D eigenvalue weighted by molar-refractivity contribution is 0.0930. The maximum Gasteiger partial charge on any atom is 0.132 e. The van der Waals surface area contributed by atoms with E-state index in [1.165, 1.54) is 25.7 Å². The van der Waals surface area contributed by atoms with Gasteiger partial charge in [-0.15, -0.1) is 0 Å². The lowest BCUT2D eigenvalue weighted by Crippen LogP contribution is -2.49. The van der Waals surface area contributed by atoms with Crippen molar-refractivity contribution in [2.75, 3.05) is 26.2 Å². The predicted octanol–water partition coefficient (Wildman–Crippen LogP) is 2.34. The summed E-state index contributed by atoms with van der Waals surface area (Å²) in [5.41, 5.74) is 6.99. The van der Waals surface area contributed by atoms with Crippen LogP contribution in [0.1, 0.15) is 36.8 Å². The minimum Gasteiger partial charge on any atom is -0.326 e. The number of hydrogen-bond donors (Lipinski definition) is 1. The van der Waals surface area contributed by atoms with Crippen LogP contribution in [0.4, 0.5) is 4.39 Å². The van der Waals surface area contributed by atoms with Gasteiger partial charge in [0.15, 0.2) is 0 Å². The average molecular weight is 291 g/mol. The molecular weight excluding hydrogens is 265 g/mol. The first-order chi connectivity index (χ1) is 10.3. The highest BCUT2D eigenvalue weighted by Gasteiger charge is 2.26. The molecule has 1 aromatic carbocycles. The van der Waals surface area contributed by atoms with Crippen LogP contribution in [0.25, 0.3) is 0 Å². The van der Waals surface area contributed by atoms with Crippen LogP contribution in [-0.2, 0) is 13.1 Å². The third-order valence-corrected chi connectivity index (χ3v) is 5.02. The Balaban J connectivity index is 1.55. The second-order valence-electron chi connectivity index (χ2n) is 6.34. The van der Waals surface area contributed by atoms with Crippen molar-refractivity contribution in [2.45, 2.75) is 44.8 Å². The van der Waals surface area contributed by atoms with Gasteiger partial charge in [-0.25, -0.2) is 4.39 Å². The molecule has 0 aromatic heterocycles. The number of nitrogens with two attached hydrogens (primary N) is 1. The number of benzene rings is 1.